The summed E-state index contributed by atoms with van der Waals surface area (Å²) in [6.07, 6.45) is 3.46. The van der Waals surface area contributed by atoms with Crippen molar-refractivity contribution in [3.8, 4) is 0 Å². The molecule has 0 saturated heterocycles. The van der Waals surface area contributed by atoms with Crippen molar-refractivity contribution >= 4 is 9.84 Å². The number of rotatable bonds is 8. The molecule has 0 spiro atoms. The maximum atomic E-state index is 11.6. The molecule has 0 fully saturated rings. The van der Waals surface area contributed by atoms with E-state index in [4.69, 9.17) is 5.73 Å². The molecule has 0 aromatic carbocycles. The van der Waals surface area contributed by atoms with E-state index in [1.54, 1.807) is 0 Å². The summed E-state index contributed by atoms with van der Waals surface area (Å²) in [5.74, 6) is 0.592. The molecular formula is C11H25NO2S. The van der Waals surface area contributed by atoms with Gasteiger partial charge in [-0.3, -0.25) is 0 Å². The monoisotopic (exact) mass is 235 g/mol. The minimum absolute atomic E-state index is 0.00440. The minimum Gasteiger partial charge on any atom is -0.330 e. The van der Waals surface area contributed by atoms with Gasteiger partial charge in [-0.25, -0.2) is 8.42 Å². The van der Waals surface area contributed by atoms with Gasteiger partial charge >= 0.3 is 0 Å². The molecule has 0 rings (SSSR count). The fourth-order valence-corrected chi connectivity index (χ4v) is 3.38. The standard InChI is InChI=1S/C11H25NO2S/c1-4-6-11(3,10-12)7-9-15(13,14)8-5-2/h4-10,12H2,1-3H3. The second kappa shape index (κ2) is 6.48. The van der Waals surface area contributed by atoms with E-state index in [0.717, 1.165) is 12.8 Å². The SMILES string of the molecule is CCCC(C)(CN)CCS(=O)(=O)CCC. The minimum atomic E-state index is -2.85. The Morgan fingerprint density at radius 3 is 2.07 bits per heavy atom. The zero-order valence-corrected chi connectivity index (χ0v) is 11.1. The van der Waals surface area contributed by atoms with E-state index in [2.05, 4.69) is 13.8 Å². The van der Waals surface area contributed by atoms with Gasteiger partial charge < -0.3 is 5.73 Å². The normalized spacial score (nSPS) is 16.3. The van der Waals surface area contributed by atoms with Crippen LogP contribution in [0.4, 0.5) is 0 Å². The number of nitrogens with two attached hydrogens (primary N) is 1. The van der Waals surface area contributed by atoms with Gasteiger partial charge in [-0.15, -0.1) is 0 Å². The van der Waals surface area contributed by atoms with Gasteiger partial charge in [0, 0.05) is 5.75 Å². The van der Waals surface area contributed by atoms with E-state index in [1.165, 1.54) is 0 Å². The average Bonchev–Trinajstić information content (AvgIpc) is 2.16. The molecule has 0 aliphatic carbocycles. The van der Waals surface area contributed by atoms with Crippen LogP contribution in [0, 0.1) is 5.41 Å². The Hall–Kier alpha value is -0.0900. The molecule has 15 heavy (non-hydrogen) atoms. The maximum Gasteiger partial charge on any atom is 0.150 e. The molecule has 0 aliphatic heterocycles. The van der Waals surface area contributed by atoms with Crippen LogP contribution in [0.25, 0.3) is 0 Å². The Balaban J connectivity index is 4.22. The second-order valence-electron chi connectivity index (χ2n) is 4.67. The predicted octanol–water partition coefficient (Wildman–Crippen LogP) is 1.97. The van der Waals surface area contributed by atoms with E-state index in [1.807, 2.05) is 6.92 Å². The van der Waals surface area contributed by atoms with Crippen LogP contribution in [-0.2, 0) is 9.84 Å². The Labute approximate surface area is 94.4 Å². The van der Waals surface area contributed by atoms with Gasteiger partial charge in [0.15, 0.2) is 0 Å². The summed E-state index contributed by atoms with van der Waals surface area (Å²) >= 11 is 0. The van der Waals surface area contributed by atoms with Gasteiger partial charge in [0.25, 0.3) is 0 Å². The van der Waals surface area contributed by atoms with Crippen LogP contribution in [0.2, 0.25) is 0 Å². The third kappa shape index (κ3) is 6.15. The van der Waals surface area contributed by atoms with E-state index in [9.17, 15) is 8.42 Å². The predicted molar refractivity (Wildman–Crippen MR) is 65.6 cm³/mol. The summed E-state index contributed by atoms with van der Waals surface area (Å²) in [7, 11) is -2.85. The quantitative estimate of drug-likeness (QED) is 0.699. The van der Waals surface area contributed by atoms with Crippen LogP contribution >= 0.6 is 0 Å². The van der Waals surface area contributed by atoms with Gasteiger partial charge in [0.05, 0.1) is 5.75 Å². The van der Waals surface area contributed by atoms with Crippen molar-refractivity contribution in [3.05, 3.63) is 0 Å². The molecule has 1 atom stereocenters. The molecule has 0 aromatic heterocycles. The molecule has 0 saturated carbocycles. The highest BCUT2D eigenvalue weighted by atomic mass is 32.2. The molecule has 0 aromatic rings. The van der Waals surface area contributed by atoms with Gasteiger partial charge in [0.1, 0.15) is 9.84 Å². The Morgan fingerprint density at radius 1 is 1.07 bits per heavy atom. The molecule has 0 radical (unpaired) electrons. The van der Waals surface area contributed by atoms with Gasteiger partial charge in [0.2, 0.25) is 0 Å². The summed E-state index contributed by atoms with van der Waals surface area (Å²) in [6, 6.07) is 0. The Kier molecular flexibility index (Phi) is 6.44. The molecule has 92 valence electrons. The number of sulfone groups is 1. The topological polar surface area (TPSA) is 60.2 Å². The van der Waals surface area contributed by atoms with Crippen LogP contribution in [0.3, 0.4) is 0 Å². The molecule has 2 N–H and O–H groups in total. The summed E-state index contributed by atoms with van der Waals surface area (Å²) in [5, 5.41) is 0. The molecule has 4 heteroatoms. The summed E-state index contributed by atoms with van der Waals surface area (Å²) in [4.78, 5) is 0. The molecular weight excluding hydrogens is 210 g/mol. The first-order chi connectivity index (χ1) is 6.89. The highest BCUT2D eigenvalue weighted by Crippen LogP contribution is 2.26. The fraction of sp³-hybridized carbons (Fsp3) is 1.00. The summed E-state index contributed by atoms with van der Waals surface area (Å²) in [5.41, 5.74) is 5.70. The van der Waals surface area contributed by atoms with Gasteiger partial charge in [-0.2, -0.15) is 0 Å². The smallest absolute Gasteiger partial charge is 0.150 e. The van der Waals surface area contributed by atoms with E-state index >= 15 is 0 Å². The molecule has 0 amide bonds. The highest BCUT2D eigenvalue weighted by Gasteiger charge is 2.24. The first kappa shape index (κ1) is 14.9. The maximum absolute atomic E-state index is 11.6. The van der Waals surface area contributed by atoms with Crippen molar-refractivity contribution in [2.75, 3.05) is 18.1 Å². The van der Waals surface area contributed by atoms with Crippen molar-refractivity contribution in [1.82, 2.24) is 0 Å². The zero-order chi connectivity index (χ0) is 11.9. The van der Waals surface area contributed by atoms with Crippen molar-refractivity contribution in [2.24, 2.45) is 11.1 Å². The van der Waals surface area contributed by atoms with Crippen LogP contribution in [-0.4, -0.2) is 26.5 Å². The zero-order valence-electron chi connectivity index (χ0n) is 10.3. The molecule has 3 nitrogen and oxygen atoms in total. The van der Waals surface area contributed by atoms with Crippen LogP contribution in [0.5, 0.6) is 0 Å². The van der Waals surface area contributed by atoms with Gasteiger partial charge in [-0.05, 0) is 31.2 Å². The second-order valence-corrected chi connectivity index (χ2v) is 6.97. The third-order valence-corrected chi connectivity index (χ3v) is 4.73. The lowest BCUT2D eigenvalue weighted by atomic mass is 9.83. The lowest BCUT2D eigenvalue weighted by Gasteiger charge is -2.27. The van der Waals surface area contributed by atoms with Crippen molar-refractivity contribution in [1.29, 1.82) is 0 Å². The number of hydrogen-bond donors (Lipinski definition) is 1. The van der Waals surface area contributed by atoms with Crippen molar-refractivity contribution in [2.45, 2.75) is 46.5 Å². The number of hydrogen-bond acceptors (Lipinski definition) is 3. The Morgan fingerprint density at radius 2 is 1.67 bits per heavy atom. The van der Waals surface area contributed by atoms with Crippen LogP contribution < -0.4 is 5.73 Å². The lowest BCUT2D eigenvalue weighted by Crippen LogP contribution is -2.30. The average molecular weight is 235 g/mol. The molecule has 0 heterocycles. The van der Waals surface area contributed by atoms with E-state index < -0.39 is 9.84 Å². The summed E-state index contributed by atoms with van der Waals surface area (Å²) in [6.45, 7) is 6.65. The van der Waals surface area contributed by atoms with E-state index in [-0.39, 0.29) is 11.2 Å². The lowest BCUT2D eigenvalue weighted by molar-refractivity contribution is 0.294. The first-order valence-corrected chi connectivity index (χ1v) is 7.62. The van der Waals surface area contributed by atoms with Crippen molar-refractivity contribution in [3.63, 3.8) is 0 Å². The van der Waals surface area contributed by atoms with Crippen molar-refractivity contribution < 1.29 is 8.42 Å². The van der Waals surface area contributed by atoms with Crippen LogP contribution in [0.1, 0.15) is 46.5 Å². The molecule has 0 bridgehead atoms. The molecule has 1 unspecified atom stereocenters. The summed E-state index contributed by atoms with van der Waals surface area (Å²) < 4.78 is 23.1. The Bertz CT molecular complexity index is 262. The van der Waals surface area contributed by atoms with Gasteiger partial charge in [-0.1, -0.05) is 27.2 Å². The molecule has 0 aliphatic rings. The third-order valence-electron chi connectivity index (χ3n) is 2.88. The largest absolute Gasteiger partial charge is 0.330 e. The highest BCUT2D eigenvalue weighted by molar-refractivity contribution is 7.91. The van der Waals surface area contributed by atoms with Crippen LogP contribution in [0.15, 0.2) is 0 Å². The first-order valence-electron chi connectivity index (χ1n) is 5.79. The fourth-order valence-electron chi connectivity index (χ4n) is 1.75. The van der Waals surface area contributed by atoms with E-state index in [0.29, 0.717) is 25.1 Å².